The molecule has 3 rings (SSSR count). The molecule has 1 saturated carbocycles. The fraction of sp³-hybridized carbons (Fsp3) is 0.462. The number of hydrogen-bond acceptors (Lipinski definition) is 2. The highest BCUT2D eigenvalue weighted by molar-refractivity contribution is 5.58. The summed E-state index contributed by atoms with van der Waals surface area (Å²) in [6.45, 7) is 4.22. The molecule has 3 nitrogen and oxygen atoms in total. The number of aromatic nitrogens is 2. The first-order valence-corrected chi connectivity index (χ1v) is 6.02. The molecule has 0 aliphatic heterocycles. The Morgan fingerprint density at radius 3 is 2.94 bits per heavy atom. The van der Waals surface area contributed by atoms with Gasteiger partial charge in [0.2, 0.25) is 0 Å². The van der Waals surface area contributed by atoms with E-state index in [9.17, 15) is 0 Å². The van der Waals surface area contributed by atoms with Gasteiger partial charge in [0.05, 0.1) is 16.9 Å². The standard InChI is InChI=1S/C13H17N3/c1-3-13-14-9(2)12-7-6-11(8-16(12)13)15-10-4-5-10/h6-8,10,15H,3-5H2,1-2H3. The molecule has 2 heterocycles. The van der Waals surface area contributed by atoms with Crippen LogP contribution in [-0.4, -0.2) is 15.4 Å². The summed E-state index contributed by atoms with van der Waals surface area (Å²) in [6, 6.07) is 5.01. The van der Waals surface area contributed by atoms with Crippen LogP contribution in [0.4, 0.5) is 5.69 Å². The number of nitrogens with one attached hydrogen (secondary N) is 1. The Hall–Kier alpha value is -1.51. The fourth-order valence-corrected chi connectivity index (χ4v) is 2.11. The highest BCUT2D eigenvalue weighted by atomic mass is 15.0. The Balaban J connectivity index is 2.06. The van der Waals surface area contributed by atoms with E-state index >= 15 is 0 Å². The average molecular weight is 215 g/mol. The number of anilines is 1. The number of fused-ring (bicyclic) bond motifs is 1. The monoisotopic (exact) mass is 215 g/mol. The zero-order valence-corrected chi connectivity index (χ0v) is 9.83. The van der Waals surface area contributed by atoms with Crippen molar-refractivity contribution in [2.24, 2.45) is 0 Å². The van der Waals surface area contributed by atoms with E-state index in [0.717, 1.165) is 17.9 Å². The van der Waals surface area contributed by atoms with Gasteiger partial charge in [-0.15, -0.1) is 0 Å². The topological polar surface area (TPSA) is 29.3 Å². The van der Waals surface area contributed by atoms with E-state index in [1.807, 2.05) is 0 Å². The van der Waals surface area contributed by atoms with Crippen molar-refractivity contribution in [2.75, 3.05) is 5.32 Å². The van der Waals surface area contributed by atoms with Crippen LogP contribution in [0, 0.1) is 6.92 Å². The predicted molar refractivity (Wildman–Crippen MR) is 66.0 cm³/mol. The van der Waals surface area contributed by atoms with Gasteiger partial charge in [-0.1, -0.05) is 6.92 Å². The Labute approximate surface area is 95.5 Å². The van der Waals surface area contributed by atoms with Crippen LogP contribution in [0.15, 0.2) is 18.3 Å². The Kier molecular flexibility index (Phi) is 2.13. The quantitative estimate of drug-likeness (QED) is 0.853. The Bertz CT molecular complexity index is 523. The molecule has 0 aromatic carbocycles. The summed E-state index contributed by atoms with van der Waals surface area (Å²) in [5, 5.41) is 3.52. The molecular weight excluding hydrogens is 198 g/mol. The lowest BCUT2D eigenvalue weighted by Gasteiger charge is -2.06. The van der Waals surface area contributed by atoms with Crippen molar-refractivity contribution >= 4 is 11.2 Å². The molecule has 0 amide bonds. The fourth-order valence-electron chi connectivity index (χ4n) is 2.11. The number of hydrogen-bond donors (Lipinski definition) is 1. The molecule has 84 valence electrons. The lowest BCUT2D eigenvalue weighted by molar-refractivity contribution is 0.928. The number of nitrogens with zero attached hydrogens (tertiary/aromatic N) is 2. The third-order valence-corrected chi connectivity index (χ3v) is 3.16. The van der Waals surface area contributed by atoms with Crippen LogP contribution in [0.2, 0.25) is 0 Å². The molecule has 1 aliphatic rings. The molecule has 0 saturated heterocycles. The van der Waals surface area contributed by atoms with Gasteiger partial charge < -0.3 is 9.72 Å². The third-order valence-electron chi connectivity index (χ3n) is 3.16. The van der Waals surface area contributed by atoms with Gasteiger partial charge in [-0.05, 0) is 31.9 Å². The van der Waals surface area contributed by atoms with Crippen molar-refractivity contribution in [1.29, 1.82) is 0 Å². The third kappa shape index (κ3) is 1.56. The zero-order valence-electron chi connectivity index (χ0n) is 9.83. The van der Waals surface area contributed by atoms with E-state index in [-0.39, 0.29) is 0 Å². The molecule has 1 fully saturated rings. The first kappa shape index (κ1) is 9.70. The van der Waals surface area contributed by atoms with Crippen LogP contribution in [-0.2, 0) is 6.42 Å². The van der Waals surface area contributed by atoms with Crippen LogP contribution < -0.4 is 5.32 Å². The summed E-state index contributed by atoms with van der Waals surface area (Å²) in [6.07, 6.45) is 5.76. The molecule has 1 N–H and O–H groups in total. The maximum absolute atomic E-state index is 4.58. The highest BCUT2D eigenvalue weighted by Gasteiger charge is 2.20. The maximum Gasteiger partial charge on any atom is 0.113 e. The lowest BCUT2D eigenvalue weighted by atomic mass is 10.3. The van der Waals surface area contributed by atoms with Gasteiger partial charge in [0, 0.05) is 18.7 Å². The normalized spacial score (nSPS) is 15.6. The highest BCUT2D eigenvalue weighted by Crippen LogP contribution is 2.25. The molecule has 0 unspecified atom stereocenters. The number of rotatable bonds is 3. The largest absolute Gasteiger partial charge is 0.381 e. The van der Waals surface area contributed by atoms with Gasteiger partial charge in [0.1, 0.15) is 5.82 Å². The van der Waals surface area contributed by atoms with Crippen molar-refractivity contribution in [1.82, 2.24) is 9.38 Å². The first-order valence-electron chi connectivity index (χ1n) is 6.02. The van der Waals surface area contributed by atoms with Crippen molar-refractivity contribution in [3.05, 3.63) is 29.8 Å². The minimum absolute atomic E-state index is 0.701. The van der Waals surface area contributed by atoms with E-state index in [0.29, 0.717) is 6.04 Å². The van der Waals surface area contributed by atoms with Crippen LogP contribution in [0.25, 0.3) is 5.52 Å². The molecule has 2 aromatic heterocycles. The summed E-state index contributed by atoms with van der Waals surface area (Å²) >= 11 is 0. The average Bonchev–Trinajstić information content (AvgIpc) is 3.03. The van der Waals surface area contributed by atoms with E-state index < -0.39 is 0 Å². The molecule has 1 aliphatic carbocycles. The van der Waals surface area contributed by atoms with Crippen LogP contribution >= 0.6 is 0 Å². The molecule has 2 aromatic rings. The van der Waals surface area contributed by atoms with Gasteiger partial charge in [-0.3, -0.25) is 0 Å². The molecule has 3 heteroatoms. The molecule has 16 heavy (non-hydrogen) atoms. The van der Waals surface area contributed by atoms with E-state index in [1.54, 1.807) is 0 Å². The maximum atomic E-state index is 4.58. The van der Waals surface area contributed by atoms with Crippen LogP contribution in [0.5, 0.6) is 0 Å². The van der Waals surface area contributed by atoms with E-state index in [2.05, 4.69) is 46.9 Å². The van der Waals surface area contributed by atoms with Crippen molar-refractivity contribution in [3.8, 4) is 0 Å². The Morgan fingerprint density at radius 2 is 2.25 bits per heavy atom. The second kappa shape index (κ2) is 3.51. The smallest absolute Gasteiger partial charge is 0.113 e. The van der Waals surface area contributed by atoms with Gasteiger partial charge in [0.15, 0.2) is 0 Å². The lowest BCUT2D eigenvalue weighted by Crippen LogP contribution is -2.02. The summed E-state index contributed by atoms with van der Waals surface area (Å²) < 4.78 is 2.21. The molecule has 0 radical (unpaired) electrons. The number of pyridine rings is 1. The summed E-state index contributed by atoms with van der Waals surface area (Å²) in [5.41, 5.74) is 3.55. The van der Waals surface area contributed by atoms with Gasteiger partial charge in [0.25, 0.3) is 0 Å². The minimum Gasteiger partial charge on any atom is -0.381 e. The van der Waals surface area contributed by atoms with Crippen LogP contribution in [0.3, 0.4) is 0 Å². The zero-order chi connectivity index (χ0) is 11.1. The van der Waals surface area contributed by atoms with Crippen molar-refractivity contribution in [2.45, 2.75) is 39.2 Å². The molecule has 0 spiro atoms. The predicted octanol–water partition coefficient (Wildman–Crippen LogP) is 2.78. The summed E-state index contributed by atoms with van der Waals surface area (Å²) in [5.74, 6) is 1.15. The summed E-state index contributed by atoms with van der Waals surface area (Å²) in [7, 11) is 0. The minimum atomic E-state index is 0.701. The SMILES string of the molecule is CCc1nc(C)c2ccc(NC3CC3)cn12. The van der Waals surface area contributed by atoms with Gasteiger partial charge in [-0.25, -0.2) is 4.98 Å². The van der Waals surface area contributed by atoms with E-state index in [4.69, 9.17) is 0 Å². The first-order chi connectivity index (χ1) is 7.78. The van der Waals surface area contributed by atoms with Crippen LogP contribution in [0.1, 0.15) is 31.3 Å². The number of imidazole rings is 1. The summed E-state index contributed by atoms with van der Waals surface area (Å²) in [4.78, 5) is 4.58. The molecule has 0 atom stereocenters. The second-order valence-electron chi connectivity index (χ2n) is 4.56. The van der Waals surface area contributed by atoms with Crippen molar-refractivity contribution in [3.63, 3.8) is 0 Å². The molecule has 0 bridgehead atoms. The molecular formula is C13H17N3. The second-order valence-corrected chi connectivity index (χ2v) is 4.56. The van der Waals surface area contributed by atoms with E-state index in [1.165, 1.54) is 24.0 Å². The Morgan fingerprint density at radius 1 is 1.44 bits per heavy atom. The van der Waals surface area contributed by atoms with Gasteiger partial charge in [-0.2, -0.15) is 0 Å². The van der Waals surface area contributed by atoms with Crippen molar-refractivity contribution < 1.29 is 0 Å². The number of aryl methyl sites for hydroxylation is 2. The van der Waals surface area contributed by atoms with Gasteiger partial charge >= 0.3 is 0 Å².